The number of ether oxygens (including phenoxy) is 2. The Morgan fingerprint density at radius 2 is 0.733 bits per heavy atom. The summed E-state index contributed by atoms with van der Waals surface area (Å²) in [4.78, 5) is 35.2. The van der Waals surface area contributed by atoms with Crippen molar-refractivity contribution in [3.05, 3.63) is 122 Å². The molecule has 0 aliphatic rings. The van der Waals surface area contributed by atoms with Gasteiger partial charge >= 0.3 is 19.8 Å². The van der Waals surface area contributed by atoms with Crippen molar-refractivity contribution >= 4 is 19.8 Å². The number of hydrogen-bond acceptors (Lipinski definition) is 8. The second-order valence-electron chi connectivity index (χ2n) is 19.5. The largest absolute Gasteiger partial charge is 0.472 e. The molecule has 0 amide bonds. The predicted molar refractivity (Wildman–Crippen MR) is 321 cm³/mol. The number of unbranched alkanes of at least 4 members (excludes halogenated alkanes) is 22. The molecular formula is C65H110NO8P. The molecule has 0 aromatic rings. The Morgan fingerprint density at radius 1 is 0.413 bits per heavy atom. The van der Waals surface area contributed by atoms with Crippen LogP contribution in [0.15, 0.2) is 122 Å². The zero-order valence-electron chi connectivity index (χ0n) is 47.7. The molecular weight excluding hydrogens is 954 g/mol. The molecule has 0 spiro atoms. The Bertz CT molecular complexity index is 1640. The van der Waals surface area contributed by atoms with Crippen molar-refractivity contribution < 1.29 is 37.6 Å². The molecule has 0 aromatic carbocycles. The monoisotopic (exact) mass is 1060 g/mol. The SMILES string of the molecule is CC/C=C\C/C=C\C/C=C\C/C=C\C/C=C\C/C=C\C/C=C\CCCCCC(=O)OC(COC(=O)CCCCCCCCCCCCCCCC/C=C\C/C=C\C/C=C\CCCCCCC)COP(=O)(O)OCCN. The van der Waals surface area contributed by atoms with Crippen molar-refractivity contribution in [1.29, 1.82) is 0 Å². The molecule has 0 saturated carbocycles. The van der Waals surface area contributed by atoms with E-state index in [0.29, 0.717) is 6.42 Å². The van der Waals surface area contributed by atoms with Gasteiger partial charge in [0.05, 0.1) is 13.2 Å². The lowest BCUT2D eigenvalue weighted by Crippen LogP contribution is -2.29. The minimum absolute atomic E-state index is 0.0413. The first kappa shape index (κ1) is 71.4. The molecule has 0 aliphatic carbocycles. The van der Waals surface area contributed by atoms with Gasteiger partial charge in [0, 0.05) is 19.4 Å². The lowest BCUT2D eigenvalue weighted by molar-refractivity contribution is -0.161. The van der Waals surface area contributed by atoms with Gasteiger partial charge in [0.15, 0.2) is 6.10 Å². The standard InChI is InChI=1S/C65H110NO8P/c1-3-5-7-9-11-13-15-17-19-21-23-25-27-29-30-31-32-34-35-37-39-41-43-45-47-49-51-53-55-57-64(67)71-61-63(62-73-75(69,70)72-60-59-66)74-65(68)58-56-54-52-50-48-46-44-42-40-38-36-33-28-26-24-22-20-18-16-14-12-10-8-6-4-2/h6,8,12,14-15,17-18,20-21,23-24,26-27,29,33,36,40,42,46,48,63H,3-5,7,9-11,13,16,19,22,25,28,30-32,34-35,37-39,41,43-45,47,49-62,66H2,1-2H3,(H,69,70)/b8-6-,14-12-,17-15-,20-18-,23-21-,26-24-,29-27-,36-33-,42-40-,48-46-. The van der Waals surface area contributed by atoms with Gasteiger partial charge in [-0.1, -0.05) is 245 Å². The number of phosphoric ester groups is 1. The van der Waals surface area contributed by atoms with Crippen LogP contribution in [0.2, 0.25) is 0 Å². The third kappa shape index (κ3) is 59.5. The Hall–Kier alpha value is -3.59. The minimum atomic E-state index is -4.41. The summed E-state index contributed by atoms with van der Waals surface area (Å²) < 4.78 is 33.0. The fourth-order valence-electron chi connectivity index (χ4n) is 7.92. The maximum absolute atomic E-state index is 12.7. The van der Waals surface area contributed by atoms with Gasteiger partial charge in [-0.05, 0) is 109 Å². The zero-order valence-corrected chi connectivity index (χ0v) is 48.6. The van der Waals surface area contributed by atoms with Crippen molar-refractivity contribution in [1.82, 2.24) is 0 Å². The Kier molecular flexibility index (Phi) is 56.8. The second kappa shape index (κ2) is 59.7. The molecule has 0 heterocycles. The molecule has 428 valence electrons. The van der Waals surface area contributed by atoms with E-state index in [2.05, 4.69) is 135 Å². The first-order valence-corrected chi connectivity index (χ1v) is 31.5. The normalized spacial score (nSPS) is 13.9. The summed E-state index contributed by atoms with van der Waals surface area (Å²) in [7, 11) is -4.41. The summed E-state index contributed by atoms with van der Waals surface area (Å²) in [6, 6.07) is 0. The summed E-state index contributed by atoms with van der Waals surface area (Å²) in [5.41, 5.74) is 5.38. The minimum Gasteiger partial charge on any atom is -0.462 e. The highest BCUT2D eigenvalue weighted by Crippen LogP contribution is 2.43. The maximum atomic E-state index is 12.7. The van der Waals surface area contributed by atoms with Crippen LogP contribution < -0.4 is 5.73 Å². The lowest BCUT2D eigenvalue weighted by atomic mass is 10.0. The van der Waals surface area contributed by atoms with Gasteiger partial charge < -0.3 is 20.1 Å². The summed E-state index contributed by atoms with van der Waals surface area (Å²) in [6.07, 6.45) is 82.6. The molecule has 2 atom stereocenters. The molecule has 2 unspecified atom stereocenters. The number of rotatable bonds is 55. The third-order valence-corrected chi connectivity index (χ3v) is 13.3. The topological polar surface area (TPSA) is 134 Å². The summed E-state index contributed by atoms with van der Waals surface area (Å²) in [5, 5.41) is 0. The molecule has 0 saturated heterocycles. The number of hydrogen-bond donors (Lipinski definition) is 2. The average Bonchev–Trinajstić information content (AvgIpc) is 3.40. The van der Waals surface area contributed by atoms with Gasteiger partial charge in [-0.15, -0.1) is 0 Å². The average molecular weight is 1060 g/mol. The van der Waals surface area contributed by atoms with Gasteiger partial charge in [-0.3, -0.25) is 18.6 Å². The molecule has 0 bridgehead atoms. The van der Waals surface area contributed by atoms with E-state index >= 15 is 0 Å². The maximum Gasteiger partial charge on any atom is 0.472 e. The van der Waals surface area contributed by atoms with Crippen LogP contribution in [0.1, 0.15) is 245 Å². The van der Waals surface area contributed by atoms with Gasteiger partial charge in [0.1, 0.15) is 6.61 Å². The predicted octanol–water partition coefficient (Wildman–Crippen LogP) is 19.2. The van der Waals surface area contributed by atoms with E-state index in [1.165, 1.54) is 116 Å². The fraction of sp³-hybridized carbons (Fsp3) is 0.662. The van der Waals surface area contributed by atoms with Crippen molar-refractivity contribution in [3.63, 3.8) is 0 Å². The lowest BCUT2D eigenvalue weighted by Gasteiger charge is -2.19. The van der Waals surface area contributed by atoms with E-state index in [4.69, 9.17) is 24.3 Å². The van der Waals surface area contributed by atoms with Crippen molar-refractivity contribution in [3.8, 4) is 0 Å². The van der Waals surface area contributed by atoms with Crippen LogP contribution in [-0.2, 0) is 32.7 Å². The molecule has 75 heavy (non-hydrogen) atoms. The van der Waals surface area contributed by atoms with Crippen LogP contribution in [-0.4, -0.2) is 49.3 Å². The van der Waals surface area contributed by atoms with E-state index in [1.54, 1.807) is 0 Å². The molecule has 0 rings (SSSR count). The number of allylic oxidation sites excluding steroid dienone is 20. The Labute approximate surface area is 460 Å². The molecule has 0 fully saturated rings. The smallest absolute Gasteiger partial charge is 0.462 e. The second-order valence-corrected chi connectivity index (χ2v) is 20.9. The highest BCUT2D eigenvalue weighted by atomic mass is 31.2. The van der Waals surface area contributed by atoms with Crippen LogP contribution in [0.25, 0.3) is 0 Å². The van der Waals surface area contributed by atoms with Crippen molar-refractivity contribution in [2.75, 3.05) is 26.4 Å². The summed E-state index contributed by atoms with van der Waals surface area (Å²) in [5.74, 6) is -0.871. The van der Waals surface area contributed by atoms with Crippen LogP contribution >= 0.6 is 7.82 Å². The molecule has 10 heteroatoms. The number of carbonyl (C=O) groups excluding carboxylic acids is 2. The third-order valence-electron chi connectivity index (χ3n) is 12.3. The summed E-state index contributed by atoms with van der Waals surface area (Å²) >= 11 is 0. The fourth-order valence-corrected chi connectivity index (χ4v) is 8.68. The zero-order chi connectivity index (χ0) is 54.5. The first-order chi connectivity index (χ1) is 36.8. The Morgan fingerprint density at radius 3 is 1.11 bits per heavy atom. The molecule has 0 radical (unpaired) electrons. The number of phosphoric acid groups is 1. The van der Waals surface area contributed by atoms with Crippen LogP contribution in [0.5, 0.6) is 0 Å². The van der Waals surface area contributed by atoms with E-state index in [9.17, 15) is 19.0 Å². The van der Waals surface area contributed by atoms with Gasteiger partial charge in [-0.25, -0.2) is 4.57 Å². The number of esters is 2. The van der Waals surface area contributed by atoms with Gasteiger partial charge in [0.25, 0.3) is 0 Å². The van der Waals surface area contributed by atoms with Crippen LogP contribution in [0, 0.1) is 0 Å². The molecule has 3 N–H and O–H groups in total. The van der Waals surface area contributed by atoms with E-state index in [1.807, 2.05) is 0 Å². The molecule has 0 aromatic heterocycles. The quantitative estimate of drug-likeness (QED) is 0.0264. The first-order valence-electron chi connectivity index (χ1n) is 30.0. The van der Waals surface area contributed by atoms with E-state index < -0.39 is 32.5 Å². The Balaban J connectivity index is 4.05. The number of nitrogens with two attached hydrogens (primary N) is 1. The van der Waals surface area contributed by atoms with Crippen LogP contribution in [0.4, 0.5) is 0 Å². The number of carbonyl (C=O) groups is 2. The van der Waals surface area contributed by atoms with Crippen LogP contribution in [0.3, 0.4) is 0 Å². The highest BCUT2D eigenvalue weighted by molar-refractivity contribution is 7.47. The van der Waals surface area contributed by atoms with Crippen molar-refractivity contribution in [2.45, 2.75) is 251 Å². The van der Waals surface area contributed by atoms with Gasteiger partial charge in [0.2, 0.25) is 0 Å². The van der Waals surface area contributed by atoms with Gasteiger partial charge in [-0.2, -0.15) is 0 Å². The van der Waals surface area contributed by atoms with E-state index in [0.717, 1.165) is 96.3 Å². The van der Waals surface area contributed by atoms with Crippen molar-refractivity contribution in [2.24, 2.45) is 5.73 Å². The molecule has 9 nitrogen and oxygen atoms in total. The highest BCUT2D eigenvalue weighted by Gasteiger charge is 2.26. The summed E-state index contributed by atoms with van der Waals surface area (Å²) in [6.45, 7) is 3.58. The van der Waals surface area contributed by atoms with E-state index in [-0.39, 0.29) is 32.6 Å². The molecule has 0 aliphatic heterocycles.